The number of carbonyl (C=O) groups excluding carboxylic acids is 1. The molecule has 0 aliphatic carbocycles. The van der Waals surface area contributed by atoms with Crippen LogP contribution in [0.4, 0.5) is 4.39 Å². The molecule has 1 aromatic carbocycles. The molecule has 6 heteroatoms. The van der Waals surface area contributed by atoms with E-state index in [0.717, 1.165) is 51.1 Å². The first-order valence-electron chi connectivity index (χ1n) is 7.81. The van der Waals surface area contributed by atoms with Crippen molar-refractivity contribution in [2.24, 2.45) is 0 Å². The van der Waals surface area contributed by atoms with E-state index in [1.807, 2.05) is 4.90 Å². The lowest BCUT2D eigenvalue weighted by molar-refractivity contribution is -0.917. The fourth-order valence-corrected chi connectivity index (χ4v) is 3.36. The highest BCUT2D eigenvalue weighted by Crippen LogP contribution is 2.17. The Bertz CT molecular complexity index is 541. The highest BCUT2D eigenvalue weighted by atomic mass is 35.5. The fraction of sp³-hybridized carbons (Fsp3) is 0.562. The van der Waals surface area contributed by atoms with Crippen molar-refractivity contribution in [3.63, 3.8) is 0 Å². The first-order valence-corrected chi connectivity index (χ1v) is 8.19. The van der Waals surface area contributed by atoms with Gasteiger partial charge in [0.2, 0.25) is 0 Å². The molecule has 2 aliphatic rings. The molecule has 0 aromatic heterocycles. The van der Waals surface area contributed by atoms with Gasteiger partial charge in [0.1, 0.15) is 18.5 Å². The topological polar surface area (TPSA) is 34.0 Å². The Kier molecular flexibility index (Phi) is 4.96. The van der Waals surface area contributed by atoms with Crippen molar-refractivity contribution in [3.05, 3.63) is 34.6 Å². The molecule has 120 valence electrons. The molecule has 0 radical (unpaired) electrons. The van der Waals surface area contributed by atoms with Gasteiger partial charge in [-0.05, 0) is 31.0 Å². The number of rotatable bonds is 3. The van der Waals surface area contributed by atoms with Gasteiger partial charge in [0, 0.05) is 12.2 Å². The predicted octanol–water partition coefficient (Wildman–Crippen LogP) is 0.885. The van der Waals surface area contributed by atoms with Crippen molar-refractivity contribution >= 4 is 17.5 Å². The third kappa shape index (κ3) is 3.59. The second-order valence-electron chi connectivity index (χ2n) is 5.99. The number of ether oxygens (including phenoxy) is 1. The van der Waals surface area contributed by atoms with E-state index in [9.17, 15) is 9.18 Å². The average molecular weight is 328 g/mol. The number of benzene rings is 1. The number of carbonyl (C=O) groups is 1. The Morgan fingerprint density at radius 3 is 2.82 bits per heavy atom. The molecule has 1 aromatic rings. The Hall–Kier alpha value is -1.17. The summed E-state index contributed by atoms with van der Waals surface area (Å²) in [6, 6.07) is 4.54. The van der Waals surface area contributed by atoms with E-state index in [1.54, 1.807) is 6.07 Å². The predicted molar refractivity (Wildman–Crippen MR) is 81.4 cm³/mol. The van der Waals surface area contributed by atoms with Crippen LogP contribution in [0.5, 0.6) is 0 Å². The smallest absolute Gasteiger partial charge is 0.252 e. The molecule has 22 heavy (non-hydrogen) atoms. The minimum Gasteiger partial charge on any atom is -0.368 e. The van der Waals surface area contributed by atoms with Crippen LogP contribution >= 0.6 is 11.6 Å². The van der Waals surface area contributed by atoms with E-state index >= 15 is 0 Å². The molecule has 1 N–H and O–H groups in total. The summed E-state index contributed by atoms with van der Waals surface area (Å²) in [5, 5.41) is 0.477. The molecular formula is C16H21ClFN2O2+. The molecule has 2 aliphatic heterocycles. The van der Waals surface area contributed by atoms with Crippen LogP contribution in [-0.4, -0.2) is 49.7 Å². The monoisotopic (exact) mass is 327 g/mol. The third-order valence-corrected chi connectivity index (χ3v) is 4.79. The zero-order valence-electron chi connectivity index (χ0n) is 12.5. The van der Waals surface area contributed by atoms with Gasteiger partial charge >= 0.3 is 0 Å². The van der Waals surface area contributed by atoms with Gasteiger partial charge in [-0.2, -0.15) is 0 Å². The molecule has 2 saturated heterocycles. The van der Waals surface area contributed by atoms with E-state index < -0.39 is 0 Å². The number of nitrogens with one attached hydrogen (secondary N) is 1. The van der Waals surface area contributed by atoms with Gasteiger partial charge in [0.25, 0.3) is 5.91 Å². The highest BCUT2D eigenvalue weighted by Gasteiger charge is 2.31. The Morgan fingerprint density at radius 2 is 2.18 bits per heavy atom. The summed E-state index contributed by atoms with van der Waals surface area (Å²) in [5.41, 5.74) is 0.956. The highest BCUT2D eigenvalue weighted by molar-refractivity contribution is 6.31. The van der Waals surface area contributed by atoms with Crippen LogP contribution in [0.2, 0.25) is 5.02 Å². The van der Waals surface area contributed by atoms with Gasteiger partial charge in [-0.15, -0.1) is 0 Å². The van der Waals surface area contributed by atoms with Crippen LogP contribution in [-0.2, 0) is 16.1 Å². The summed E-state index contributed by atoms with van der Waals surface area (Å²) in [7, 11) is 0. The molecule has 3 rings (SSSR count). The maximum absolute atomic E-state index is 13.1. The van der Waals surface area contributed by atoms with E-state index in [4.69, 9.17) is 16.3 Å². The van der Waals surface area contributed by atoms with Crippen molar-refractivity contribution in [1.82, 2.24) is 4.90 Å². The van der Waals surface area contributed by atoms with E-state index in [2.05, 4.69) is 0 Å². The Labute approximate surface area is 134 Å². The second kappa shape index (κ2) is 6.94. The maximum Gasteiger partial charge on any atom is 0.252 e. The molecule has 2 fully saturated rings. The molecular weight excluding hydrogens is 307 g/mol. The summed E-state index contributed by atoms with van der Waals surface area (Å²) < 4.78 is 18.5. The quantitative estimate of drug-likeness (QED) is 0.894. The van der Waals surface area contributed by atoms with Gasteiger partial charge in [-0.25, -0.2) is 4.39 Å². The molecule has 0 unspecified atom stereocenters. The number of hydrogen-bond donors (Lipinski definition) is 1. The summed E-state index contributed by atoms with van der Waals surface area (Å²) in [6.45, 7) is 4.71. The molecule has 1 amide bonds. The summed E-state index contributed by atoms with van der Waals surface area (Å²) in [6.07, 6.45) is 1.59. The van der Waals surface area contributed by atoms with Crippen molar-refractivity contribution in [1.29, 1.82) is 0 Å². The van der Waals surface area contributed by atoms with Crippen LogP contribution in [0.3, 0.4) is 0 Å². The van der Waals surface area contributed by atoms with E-state index in [-0.39, 0.29) is 17.8 Å². The molecule has 2 heterocycles. The largest absolute Gasteiger partial charge is 0.368 e. The van der Waals surface area contributed by atoms with Crippen LogP contribution in [0, 0.1) is 5.82 Å². The van der Waals surface area contributed by atoms with E-state index in [1.165, 1.54) is 17.0 Å². The first kappa shape index (κ1) is 15.7. The van der Waals surface area contributed by atoms with Gasteiger partial charge in [0.05, 0.1) is 31.2 Å². The molecule has 0 bridgehead atoms. The summed E-state index contributed by atoms with van der Waals surface area (Å²) in [5.74, 6) is -0.174. The summed E-state index contributed by atoms with van der Waals surface area (Å²) >= 11 is 6.08. The van der Waals surface area contributed by atoms with Crippen molar-refractivity contribution in [2.45, 2.75) is 25.5 Å². The van der Waals surface area contributed by atoms with Crippen LogP contribution in [0.15, 0.2) is 18.2 Å². The lowest BCUT2D eigenvalue weighted by Gasteiger charge is -2.33. The number of quaternary nitrogens is 1. The number of nitrogens with zero attached hydrogens (tertiary/aromatic N) is 1. The van der Waals surface area contributed by atoms with Crippen LogP contribution in [0.25, 0.3) is 0 Å². The van der Waals surface area contributed by atoms with Crippen LogP contribution < -0.4 is 4.90 Å². The van der Waals surface area contributed by atoms with Crippen molar-refractivity contribution in [2.75, 3.05) is 32.8 Å². The normalized spacial score (nSPS) is 23.0. The third-order valence-electron chi connectivity index (χ3n) is 4.44. The Balaban J connectivity index is 1.52. The molecule has 0 saturated carbocycles. The number of piperazine rings is 1. The maximum atomic E-state index is 13.1. The number of amides is 1. The minimum absolute atomic E-state index is 0.136. The lowest BCUT2D eigenvalue weighted by atomic mass is 10.1. The Morgan fingerprint density at radius 1 is 1.41 bits per heavy atom. The average Bonchev–Trinajstić information content (AvgIpc) is 3.04. The van der Waals surface area contributed by atoms with Gasteiger partial charge in [-0.3, -0.25) is 4.79 Å². The zero-order chi connectivity index (χ0) is 15.5. The minimum atomic E-state index is -0.310. The standard InChI is InChI=1S/C16H20ClFN2O2/c17-14-10-13(18)4-3-12(14)11-19-5-7-20(8-6-19)16(21)15-2-1-9-22-15/h3-4,10,15H,1-2,5-9,11H2/p+1/t15-/m1/s1. The number of halogens is 2. The molecule has 4 nitrogen and oxygen atoms in total. The SMILES string of the molecule is O=C([C@H]1CCCO1)N1CC[NH+](Cc2ccc(F)cc2Cl)CC1. The summed E-state index contributed by atoms with van der Waals surface area (Å²) in [4.78, 5) is 15.6. The molecule has 1 atom stereocenters. The number of hydrogen-bond acceptors (Lipinski definition) is 2. The van der Waals surface area contributed by atoms with E-state index in [0.29, 0.717) is 11.6 Å². The first-order chi connectivity index (χ1) is 10.6. The van der Waals surface area contributed by atoms with Crippen molar-refractivity contribution in [3.8, 4) is 0 Å². The van der Waals surface area contributed by atoms with Crippen LogP contribution in [0.1, 0.15) is 18.4 Å². The lowest BCUT2D eigenvalue weighted by Crippen LogP contribution is -3.13. The van der Waals surface area contributed by atoms with Crippen molar-refractivity contribution < 1.29 is 18.8 Å². The van der Waals surface area contributed by atoms with Gasteiger partial charge in [-0.1, -0.05) is 11.6 Å². The van der Waals surface area contributed by atoms with Gasteiger partial charge < -0.3 is 14.5 Å². The fourth-order valence-electron chi connectivity index (χ4n) is 3.13. The second-order valence-corrected chi connectivity index (χ2v) is 6.40. The zero-order valence-corrected chi connectivity index (χ0v) is 13.2. The molecule has 0 spiro atoms. The van der Waals surface area contributed by atoms with Gasteiger partial charge in [0.15, 0.2) is 0 Å².